The minimum atomic E-state index is -3.06. The summed E-state index contributed by atoms with van der Waals surface area (Å²) in [6, 6.07) is 8.42. The Bertz CT molecular complexity index is 350. The fourth-order valence-electron chi connectivity index (χ4n) is 1.53. The van der Waals surface area contributed by atoms with Gasteiger partial charge in [-0.3, -0.25) is 0 Å². The molecule has 1 rings (SSSR count). The van der Waals surface area contributed by atoms with Crippen molar-refractivity contribution < 1.29 is 18.3 Å². The van der Waals surface area contributed by atoms with E-state index in [4.69, 9.17) is 9.47 Å². The predicted octanol–water partition coefficient (Wildman–Crippen LogP) is 3.21. The lowest BCUT2D eigenvalue weighted by Gasteiger charge is -2.23. The maximum Gasteiger partial charge on any atom is 0.296 e. The second-order valence-electron chi connectivity index (χ2n) is 3.56. The third-order valence-corrected chi connectivity index (χ3v) is 2.29. The van der Waals surface area contributed by atoms with Crippen molar-refractivity contribution in [3.05, 3.63) is 48.0 Å². The van der Waals surface area contributed by atoms with Gasteiger partial charge in [-0.15, -0.1) is 0 Å². The van der Waals surface area contributed by atoms with Gasteiger partial charge in [-0.05, 0) is 11.6 Å². The maximum atomic E-state index is 13.8. The maximum absolute atomic E-state index is 13.8. The molecule has 0 saturated heterocycles. The molecule has 0 amide bonds. The summed E-state index contributed by atoms with van der Waals surface area (Å²) in [6.45, 7) is 0.154. The Morgan fingerprint density at radius 3 is 2.41 bits per heavy atom. The molecule has 0 heterocycles. The van der Waals surface area contributed by atoms with E-state index in [1.54, 1.807) is 30.3 Å². The second kappa shape index (κ2) is 6.47. The van der Waals surface area contributed by atoms with E-state index in [2.05, 4.69) is 0 Å². The largest absolute Gasteiger partial charge is 0.381 e. The van der Waals surface area contributed by atoms with Gasteiger partial charge in [0.05, 0.1) is 6.61 Å². The molecular weight excluding hydrogens is 226 g/mol. The van der Waals surface area contributed by atoms with Crippen molar-refractivity contribution in [3.63, 3.8) is 0 Å². The molecule has 17 heavy (non-hydrogen) atoms. The first kappa shape index (κ1) is 13.8. The topological polar surface area (TPSA) is 18.5 Å². The number of hydrogen-bond donors (Lipinski definition) is 0. The third kappa shape index (κ3) is 3.91. The Labute approximate surface area is 99.9 Å². The molecule has 4 heteroatoms. The number of ether oxygens (including phenoxy) is 2. The van der Waals surface area contributed by atoms with Crippen molar-refractivity contribution in [2.24, 2.45) is 0 Å². The molecule has 0 aromatic heterocycles. The van der Waals surface area contributed by atoms with Crippen LogP contribution in [0.3, 0.4) is 0 Å². The van der Waals surface area contributed by atoms with E-state index >= 15 is 0 Å². The van der Waals surface area contributed by atoms with Crippen LogP contribution in [0.4, 0.5) is 8.78 Å². The first-order valence-electron chi connectivity index (χ1n) is 5.24. The minimum Gasteiger partial charge on any atom is -0.381 e. The van der Waals surface area contributed by atoms with Crippen LogP contribution in [-0.2, 0) is 9.47 Å². The summed E-state index contributed by atoms with van der Waals surface area (Å²) in [4.78, 5) is 0. The van der Waals surface area contributed by atoms with E-state index in [0.717, 1.165) is 6.08 Å². The molecule has 1 aromatic carbocycles. The van der Waals surface area contributed by atoms with Gasteiger partial charge in [0.25, 0.3) is 5.92 Å². The van der Waals surface area contributed by atoms with E-state index in [-0.39, 0.29) is 6.61 Å². The molecule has 0 aliphatic heterocycles. The van der Waals surface area contributed by atoms with Gasteiger partial charge in [-0.1, -0.05) is 36.4 Å². The van der Waals surface area contributed by atoms with Crippen LogP contribution in [0.15, 0.2) is 42.5 Å². The van der Waals surface area contributed by atoms with Crippen molar-refractivity contribution >= 4 is 0 Å². The first-order valence-corrected chi connectivity index (χ1v) is 5.24. The highest BCUT2D eigenvalue weighted by atomic mass is 19.3. The molecule has 0 aliphatic carbocycles. The molecule has 0 radical (unpaired) electrons. The number of halogens is 2. The van der Waals surface area contributed by atoms with Crippen LogP contribution in [0.25, 0.3) is 0 Å². The highest BCUT2D eigenvalue weighted by Gasteiger charge is 2.38. The Kier molecular flexibility index (Phi) is 5.25. The predicted molar refractivity (Wildman–Crippen MR) is 62.2 cm³/mol. The Hall–Kier alpha value is -1.26. The van der Waals surface area contributed by atoms with E-state index in [1.165, 1.54) is 20.3 Å². The molecule has 1 aromatic rings. The van der Waals surface area contributed by atoms with Crippen LogP contribution >= 0.6 is 0 Å². The average Bonchev–Trinajstić information content (AvgIpc) is 2.31. The molecule has 0 spiro atoms. The standard InChI is InChI=1S/C13H16F2O2/c1-16-10-6-9-13(14,15)12(17-2)11-7-4-3-5-8-11/h3-9,12H,10H2,1-2H3/b9-6+. The van der Waals surface area contributed by atoms with Crippen LogP contribution in [0.2, 0.25) is 0 Å². The summed E-state index contributed by atoms with van der Waals surface area (Å²) >= 11 is 0. The van der Waals surface area contributed by atoms with Crippen molar-refractivity contribution in [2.45, 2.75) is 12.0 Å². The second-order valence-corrected chi connectivity index (χ2v) is 3.56. The summed E-state index contributed by atoms with van der Waals surface area (Å²) in [5.74, 6) is -3.06. The van der Waals surface area contributed by atoms with Gasteiger partial charge < -0.3 is 9.47 Å². The zero-order chi connectivity index (χ0) is 12.7. The number of rotatable bonds is 6. The van der Waals surface area contributed by atoms with Crippen molar-refractivity contribution in [1.82, 2.24) is 0 Å². The van der Waals surface area contributed by atoms with Crippen LogP contribution < -0.4 is 0 Å². The fourth-order valence-corrected chi connectivity index (χ4v) is 1.53. The smallest absolute Gasteiger partial charge is 0.296 e. The summed E-state index contributed by atoms with van der Waals surface area (Å²) in [7, 11) is 2.73. The van der Waals surface area contributed by atoms with Gasteiger partial charge in [0.2, 0.25) is 0 Å². The van der Waals surface area contributed by atoms with Crippen LogP contribution in [0.1, 0.15) is 11.7 Å². The molecule has 2 nitrogen and oxygen atoms in total. The van der Waals surface area contributed by atoms with Crippen molar-refractivity contribution in [2.75, 3.05) is 20.8 Å². The fraction of sp³-hybridized carbons (Fsp3) is 0.385. The Morgan fingerprint density at radius 2 is 1.88 bits per heavy atom. The monoisotopic (exact) mass is 242 g/mol. The van der Waals surface area contributed by atoms with Crippen LogP contribution in [-0.4, -0.2) is 26.7 Å². The summed E-state index contributed by atoms with van der Waals surface area (Å²) in [6.07, 6.45) is 0.823. The van der Waals surface area contributed by atoms with Crippen molar-refractivity contribution in [3.8, 4) is 0 Å². The molecule has 0 aliphatic rings. The normalized spacial score (nSPS) is 14.1. The molecule has 0 N–H and O–H groups in total. The lowest BCUT2D eigenvalue weighted by Crippen LogP contribution is -2.25. The number of alkyl halides is 2. The van der Waals surface area contributed by atoms with Crippen LogP contribution in [0.5, 0.6) is 0 Å². The number of benzene rings is 1. The Morgan fingerprint density at radius 1 is 1.24 bits per heavy atom. The molecule has 0 saturated carbocycles. The minimum absolute atomic E-state index is 0.154. The first-order chi connectivity index (χ1) is 8.11. The van der Waals surface area contributed by atoms with Gasteiger partial charge >= 0.3 is 0 Å². The molecule has 94 valence electrons. The van der Waals surface area contributed by atoms with Gasteiger partial charge in [-0.2, -0.15) is 8.78 Å². The van der Waals surface area contributed by atoms with Gasteiger partial charge in [-0.25, -0.2) is 0 Å². The molecule has 0 bridgehead atoms. The van der Waals surface area contributed by atoms with Gasteiger partial charge in [0, 0.05) is 14.2 Å². The van der Waals surface area contributed by atoms with E-state index in [0.29, 0.717) is 5.56 Å². The van der Waals surface area contributed by atoms with E-state index in [9.17, 15) is 8.78 Å². The Balaban J connectivity index is 2.86. The van der Waals surface area contributed by atoms with Gasteiger partial charge in [0.1, 0.15) is 6.10 Å². The quantitative estimate of drug-likeness (QED) is 0.713. The molecule has 0 fully saturated rings. The zero-order valence-electron chi connectivity index (χ0n) is 9.90. The summed E-state index contributed by atoms with van der Waals surface area (Å²) < 4.78 is 37.2. The third-order valence-electron chi connectivity index (χ3n) is 2.29. The zero-order valence-corrected chi connectivity index (χ0v) is 9.90. The van der Waals surface area contributed by atoms with E-state index < -0.39 is 12.0 Å². The van der Waals surface area contributed by atoms with Crippen molar-refractivity contribution in [1.29, 1.82) is 0 Å². The summed E-state index contributed by atoms with van der Waals surface area (Å²) in [5.41, 5.74) is 0.446. The SMILES string of the molecule is COC/C=C/C(F)(F)C(OC)c1ccccc1. The highest BCUT2D eigenvalue weighted by molar-refractivity contribution is 5.22. The average molecular weight is 242 g/mol. The highest BCUT2D eigenvalue weighted by Crippen LogP contribution is 2.35. The lowest BCUT2D eigenvalue weighted by atomic mass is 10.0. The van der Waals surface area contributed by atoms with Crippen LogP contribution in [0, 0.1) is 0 Å². The van der Waals surface area contributed by atoms with E-state index in [1.807, 2.05) is 0 Å². The number of hydrogen-bond acceptors (Lipinski definition) is 2. The molecular formula is C13H16F2O2. The molecule has 1 atom stereocenters. The number of methoxy groups -OCH3 is 2. The molecule has 1 unspecified atom stereocenters. The van der Waals surface area contributed by atoms with Gasteiger partial charge in [0.15, 0.2) is 0 Å². The lowest BCUT2D eigenvalue weighted by molar-refractivity contribution is -0.0920. The summed E-state index contributed by atoms with van der Waals surface area (Å²) in [5, 5.41) is 0.